The van der Waals surface area contributed by atoms with Crippen LogP contribution in [0.5, 0.6) is 0 Å². The minimum Gasteiger partial charge on any atom is -0.339 e. The number of hydrogen-bond donors (Lipinski definition) is 0. The Morgan fingerprint density at radius 1 is 1.05 bits per heavy atom. The maximum Gasteiger partial charge on any atom is 0.254 e. The lowest BCUT2D eigenvalue weighted by Gasteiger charge is -2.35. The summed E-state index contributed by atoms with van der Waals surface area (Å²) in [6.45, 7) is 6.52. The summed E-state index contributed by atoms with van der Waals surface area (Å²) in [6.07, 6.45) is 1.48. The van der Waals surface area contributed by atoms with Crippen LogP contribution in [0, 0.1) is 6.92 Å². The van der Waals surface area contributed by atoms with Gasteiger partial charge in [-0.3, -0.25) is 9.59 Å². The van der Waals surface area contributed by atoms with Crippen LogP contribution in [0.25, 0.3) is 0 Å². The van der Waals surface area contributed by atoms with Gasteiger partial charge in [0.25, 0.3) is 5.91 Å². The third-order valence-electron chi connectivity index (χ3n) is 3.76. The van der Waals surface area contributed by atoms with Gasteiger partial charge in [-0.25, -0.2) is 0 Å². The number of aryl methyl sites for hydroxylation is 1. The van der Waals surface area contributed by atoms with Crippen molar-refractivity contribution in [3.05, 3.63) is 35.4 Å². The highest BCUT2D eigenvalue weighted by Gasteiger charge is 2.24. The van der Waals surface area contributed by atoms with Gasteiger partial charge in [0.15, 0.2) is 0 Å². The highest BCUT2D eigenvalue weighted by Crippen LogP contribution is 2.13. The van der Waals surface area contributed by atoms with Crippen LogP contribution in [0.2, 0.25) is 0 Å². The summed E-state index contributed by atoms with van der Waals surface area (Å²) in [4.78, 5) is 28.0. The summed E-state index contributed by atoms with van der Waals surface area (Å²) in [6, 6.07) is 7.65. The Bertz CT molecular complexity index is 491. The molecule has 1 aliphatic rings. The van der Waals surface area contributed by atoms with Crippen molar-refractivity contribution in [3.63, 3.8) is 0 Å². The Morgan fingerprint density at radius 3 is 2.25 bits per heavy atom. The Kier molecular flexibility index (Phi) is 4.77. The molecular formula is C16H22N2O2. The van der Waals surface area contributed by atoms with Crippen LogP contribution in [0.1, 0.15) is 35.7 Å². The molecule has 1 fully saturated rings. The zero-order chi connectivity index (χ0) is 14.5. The molecule has 1 aromatic rings. The number of rotatable bonds is 3. The first-order valence-corrected chi connectivity index (χ1v) is 7.26. The SMILES string of the molecule is CCCC(=O)N1CCN(C(=O)c2ccccc2C)CC1. The van der Waals surface area contributed by atoms with Crippen molar-refractivity contribution in [2.75, 3.05) is 26.2 Å². The largest absolute Gasteiger partial charge is 0.339 e. The van der Waals surface area contributed by atoms with Gasteiger partial charge in [-0.15, -0.1) is 0 Å². The summed E-state index contributed by atoms with van der Waals surface area (Å²) in [5, 5.41) is 0. The summed E-state index contributed by atoms with van der Waals surface area (Å²) >= 11 is 0. The fourth-order valence-electron chi connectivity index (χ4n) is 2.51. The maximum atomic E-state index is 12.4. The van der Waals surface area contributed by atoms with Gasteiger partial charge in [0.1, 0.15) is 0 Å². The Balaban J connectivity index is 1.96. The lowest BCUT2D eigenvalue weighted by atomic mass is 10.1. The molecule has 1 heterocycles. The minimum atomic E-state index is 0.0747. The highest BCUT2D eigenvalue weighted by molar-refractivity contribution is 5.95. The standard InChI is InChI=1S/C16H22N2O2/c1-3-6-15(19)17-9-11-18(12-10-17)16(20)14-8-5-4-7-13(14)2/h4-5,7-8H,3,6,9-12H2,1-2H3. The lowest BCUT2D eigenvalue weighted by Crippen LogP contribution is -2.50. The Labute approximate surface area is 120 Å². The van der Waals surface area contributed by atoms with E-state index in [0.29, 0.717) is 32.6 Å². The van der Waals surface area contributed by atoms with E-state index in [0.717, 1.165) is 17.5 Å². The molecule has 0 bridgehead atoms. The molecule has 1 aromatic carbocycles. The van der Waals surface area contributed by atoms with Crippen LogP contribution in [0.4, 0.5) is 0 Å². The molecule has 108 valence electrons. The number of carbonyl (C=O) groups is 2. The molecule has 2 amide bonds. The zero-order valence-electron chi connectivity index (χ0n) is 12.3. The molecular weight excluding hydrogens is 252 g/mol. The van der Waals surface area contributed by atoms with Crippen LogP contribution in [-0.4, -0.2) is 47.8 Å². The van der Waals surface area contributed by atoms with Crippen LogP contribution in [0.15, 0.2) is 24.3 Å². The predicted molar refractivity (Wildman–Crippen MR) is 78.6 cm³/mol. The van der Waals surface area contributed by atoms with Gasteiger partial charge in [0.2, 0.25) is 5.91 Å². The number of piperazine rings is 1. The summed E-state index contributed by atoms with van der Waals surface area (Å²) < 4.78 is 0. The first kappa shape index (κ1) is 14.6. The van der Waals surface area contributed by atoms with Crippen LogP contribution < -0.4 is 0 Å². The molecule has 4 heteroatoms. The monoisotopic (exact) mass is 274 g/mol. The van der Waals surface area contributed by atoms with Crippen LogP contribution >= 0.6 is 0 Å². The van der Waals surface area contributed by atoms with Crippen molar-refractivity contribution < 1.29 is 9.59 Å². The van der Waals surface area contributed by atoms with Gasteiger partial charge in [0, 0.05) is 38.2 Å². The van der Waals surface area contributed by atoms with Gasteiger partial charge >= 0.3 is 0 Å². The first-order chi connectivity index (χ1) is 9.63. The summed E-state index contributed by atoms with van der Waals surface area (Å²) in [5.41, 5.74) is 1.77. The molecule has 1 saturated heterocycles. The number of benzene rings is 1. The fraction of sp³-hybridized carbons (Fsp3) is 0.500. The second kappa shape index (κ2) is 6.55. The summed E-state index contributed by atoms with van der Waals surface area (Å²) in [7, 11) is 0. The molecule has 0 aromatic heterocycles. The van der Waals surface area contributed by atoms with E-state index >= 15 is 0 Å². The van der Waals surface area contributed by atoms with Crippen molar-refractivity contribution in [1.82, 2.24) is 9.80 Å². The molecule has 0 spiro atoms. The van der Waals surface area contributed by atoms with E-state index in [1.165, 1.54) is 0 Å². The van der Waals surface area contributed by atoms with Gasteiger partial charge in [-0.2, -0.15) is 0 Å². The molecule has 0 unspecified atom stereocenters. The molecule has 0 N–H and O–H groups in total. The van der Waals surface area contributed by atoms with Gasteiger partial charge in [-0.05, 0) is 25.0 Å². The van der Waals surface area contributed by atoms with E-state index in [1.807, 2.05) is 47.9 Å². The quantitative estimate of drug-likeness (QED) is 0.846. The minimum absolute atomic E-state index is 0.0747. The number of carbonyl (C=O) groups excluding carboxylic acids is 2. The van der Waals surface area contributed by atoms with E-state index in [9.17, 15) is 9.59 Å². The van der Waals surface area contributed by atoms with Crippen LogP contribution in [-0.2, 0) is 4.79 Å². The smallest absolute Gasteiger partial charge is 0.254 e. The average molecular weight is 274 g/mol. The van der Waals surface area contributed by atoms with Gasteiger partial charge in [-0.1, -0.05) is 25.1 Å². The van der Waals surface area contributed by atoms with Crippen molar-refractivity contribution in [2.24, 2.45) is 0 Å². The normalized spacial score (nSPS) is 15.3. The number of nitrogens with zero attached hydrogens (tertiary/aromatic N) is 2. The average Bonchev–Trinajstić information content (AvgIpc) is 2.47. The highest BCUT2D eigenvalue weighted by atomic mass is 16.2. The second-order valence-corrected chi connectivity index (χ2v) is 5.24. The first-order valence-electron chi connectivity index (χ1n) is 7.26. The topological polar surface area (TPSA) is 40.6 Å². The maximum absolute atomic E-state index is 12.4. The van der Waals surface area contributed by atoms with Crippen molar-refractivity contribution in [1.29, 1.82) is 0 Å². The predicted octanol–water partition coefficient (Wildman–Crippen LogP) is 2.08. The van der Waals surface area contributed by atoms with E-state index in [1.54, 1.807) is 0 Å². The number of hydrogen-bond acceptors (Lipinski definition) is 2. The van der Waals surface area contributed by atoms with E-state index < -0.39 is 0 Å². The molecule has 20 heavy (non-hydrogen) atoms. The van der Waals surface area contributed by atoms with Crippen LogP contribution in [0.3, 0.4) is 0 Å². The fourth-order valence-corrected chi connectivity index (χ4v) is 2.51. The van der Waals surface area contributed by atoms with E-state index in [2.05, 4.69) is 0 Å². The third kappa shape index (κ3) is 3.18. The molecule has 2 rings (SSSR count). The third-order valence-corrected chi connectivity index (χ3v) is 3.76. The Hall–Kier alpha value is -1.84. The van der Waals surface area contributed by atoms with Crippen molar-refractivity contribution in [2.45, 2.75) is 26.7 Å². The van der Waals surface area contributed by atoms with E-state index in [4.69, 9.17) is 0 Å². The van der Waals surface area contributed by atoms with Gasteiger partial charge in [0.05, 0.1) is 0 Å². The van der Waals surface area contributed by atoms with Crippen molar-refractivity contribution >= 4 is 11.8 Å². The molecule has 0 aliphatic carbocycles. The summed E-state index contributed by atoms with van der Waals surface area (Å²) in [5.74, 6) is 0.279. The molecule has 1 aliphatic heterocycles. The van der Waals surface area contributed by atoms with Crippen molar-refractivity contribution in [3.8, 4) is 0 Å². The molecule has 4 nitrogen and oxygen atoms in total. The molecule has 0 saturated carbocycles. The number of amides is 2. The second-order valence-electron chi connectivity index (χ2n) is 5.24. The molecule has 0 radical (unpaired) electrons. The zero-order valence-corrected chi connectivity index (χ0v) is 12.3. The van der Waals surface area contributed by atoms with E-state index in [-0.39, 0.29) is 11.8 Å². The molecule has 0 atom stereocenters. The van der Waals surface area contributed by atoms with Gasteiger partial charge < -0.3 is 9.80 Å². The lowest BCUT2D eigenvalue weighted by molar-refractivity contribution is -0.132. The Morgan fingerprint density at radius 2 is 1.65 bits per heavy atom.